The number of hydrogen-bond acceptors (Lipinski definition) is 8. The molecule has 1 aliphatic rings. The monoisotopic (exact) mass is 550 g/mol. The summed E-state index contributed by atoms with van der Waals surface area (Å²) in [6, 6.07) is 17.7. The molecule has 1 saturated heterocycles. The van der Waals surface area contributed by atoms with E-state index in [-0.39, 0.29) is 17.7 Å². The average molecular weight is 551 g/mol. The molecule has 0 radical (unpaired) electrons. The van der Waals surface area contributed by atoms with Gasteiger partial charge in [0.1, 0.15) is 23.6 Å². The summed E-state index contributed by atoms with van der Waals surface area (Å²) < 4.78 is 7.15. The van der Waals surface area contributed by atoms with Crippen molar-refractivity contribution in [3.05, 3.63) is 72.4 Å². The molecule has 0 spiro atoms. The summed E-state index contributed by atoms with van der Waals surface area (Å²) in [5.41, 5.74) is 11.7. The maximum atomic E-state index is 12.6. The van der Waals surface area contributed by atoms with E-state index in [0.717, 1.165) is 35.8 Å². The van der Waals surface area contributed by atoms with Crippen LogP contribution in [0.1, 0.15) is 51.5 Å². The number of amides is 1. The summed E-state index contributed by atoms with van der Waals surface area (Å²) in [7, 11) is 0. The highest BCUT2D eigenvalue weighted by Crippen LogP contribution is 2.33. The van der Waals surface area contributed by atoms with Crippen LogP contribution < -0.4 is 16.0 Å². The maximum Gasteiger partial charge on any atom is 0.230 e. The van der Waals surface area contributed by atoms with Gasteiger partial charge in [0.2, 0.25) is 5.91 Å². The second-order valence-electron chi connectivity index (χ2n) is 11.5. The third-order valence-electron chi connectivity index (χ3n) is 7.39. The van der Waals surface area contributed by atoms with Gasteiger partial charge < -0.3 is 20.5 Å². The van der Waals surface area contributed by atoms with Crippen LogP contribution in [0.4, 0.5) is 17.2 Å². The molecular formula is C31H34N8O2. The number of anilines is 3. The summed E-state index contributed by atoms with van der Waals surface area (Å²) >= 11 is 0. The molecule has 0 aliphatic carbocycles. The number of nitrogens with two attached hydrogens (primary N) is 1. The van der Waals surface area contributed by atoms with Gasteiger partial charge >= 0.3 is 0 Å². The van der Waals surface area contributed by atoms with Crippen LogP contribution in [0.3, 0.4) is 0 Å². The minimum absolute atomic E-state index is 0.126. The van der Waals surface area contributed by atoms with E-state index < -0.39 is 0 Å². The first-order valence-corrected chi connectivity index (χ1v) is 14.0. The molecule has 1 fully saturated rings. The third-order valence-corrected chi connectivity index (χ3v) is 7.39. The van der Waals surface area contributed by atoms with Gasteiger partial charge in [0.05, 0.1) is 23.2 Å². The lowest BCUT2D eigenvalue weighted by Gasteiger charge is -2.28. The number of carbonyl (C=O) groups is 1. The van der Waals surface area contributed by atoms with E-state index in [1.165, 1.54) is 31.3 Å². The maximum absolute atomic E-state index is 12.6. The number of nitrogens with zero attached hydrogens (tertiary/aromatic N) is 6. The largest absolute Gasteiger partial charge is 0.383 e. The normalized spacial score (nSPS) is 14.0. The average Bonchev–Trinajstić information content (AvgIpc) is 3.60. The highest BCUT2D eigenvalue weighted by molar-refractivity contribution is 5.99. The number of rotatable bonds is 6. The SMILES string of the molecule is CC(C)(C)c1cc(CC(=O)Nc2ccc(-n3nc(-c4ccc(N5CCCCC5)cc4)c4c(N)ncnc43)cc2)no1. The Morgan fingerprint density at radius 2 is 1.68 bits per heavy atom. The van der Waals surface area contributed by atoms with Crippen LogP contribution in [0.15, 0.2) is 65.4 Å². The molecule has 10 nitrogen and oxygen atoms in total. The fraction of sp³-hybridized carbons (Fsp3) is 0.323. The molecule has 41 heavy (non-hydrogen) atoms. The van der Waals surface area contributed by atoms with Crippen molar-refractivity contribution in [2.45, 2.75) is 51.9 Å². The van der Waals surface area contributed by atoms with Crippen molar-refractivity contribution in [2.24, 2.45) is 0 Å². The minimum atomic E-state index is -0.174. The molecule has 1 amide bonds. The van der Waals surface area contributed by atoms with Crippen LogP contribution in [0.25, 0.3) is 28.0 Å². The number of hydrogen-bond donors (Lipinski definition) is 2. The molecule has 3 aromatic heterocycles. The van der Waals surface area contributed by atoms with Crippen LogP contribution in [-0.2, 0) is 16.6 Å². The topological polar surface area (TPSA) is 128 Å². The lowest BCUT2D eigenvalue weighted by atomic mass is 9.93. The van der Waals surface area contributed by atoms with E-state index in [1.54, 1.807) is 4.68 Å². The Labute approximate surface area is 238 Å². The van der Waals surface area contributed by atoms with Gasteiger partial charge in [-0.05, 0) is 55.7 Å². The highest BCUT2D eigenvalue weighted by atomic mass is 16.5. The third kappa shape index (κ3) is 5.50. The number of fused-ring (bicyclic) bond motifs is 1. The fourth-order valence-corrected chi connectivity index (χ4v) is 5.14. The predicted molar refractivity (Wildman–Crippen MR) is 160 cm³/mol. The number of piperidine rings is 1. The van der Waals surface area contributed by atoms with Gasteiger partial charge in [-0.25, -0.2) is 14.6 Å². The van der Waals surface area contributed by atoms with Gasteiger partial charge in [0, 0.05) is 41.5 Å². The first kappa shape index (κ1) is 26.5. The van der Waals surface area contributed by atoms with E-state index in [2.05, 4.69) is 49.6 Å². The molecule has 0 unspecified atom stereocenters. The van der Waals surface area contributed by atoms with E-state index in [1.807, 2.05) is 51.1 Å². The zero-order chi connectivity index (χ0) is 28.6. The Morgan fingerprint density at radius 3 is 2.37 bits per heavy atom. The Balaban J connectivity index is 1.23. The second kappa shape index (κ2) is 10.7. The van der Waals surface area contributed by atoms with Crippen molar-refractivity contribution in [1.82, 2.24) is 24.9 Å². The van der Waals surface area contributed by atoms with E-state index in [0.29, 0.717) is 28.2 Å². The molecular weight excluding hydrogens is 516 g/mol. The van der Waals surface area contributed by atoms with Crippen LogP contribution in [0, 0.1) is 0 Å². The Bertz CT molecular complexity index is 1670. The van der Waals surface area contributed by atoms with E-state index in [9.17, 15) is 4.79 Å². The van der Waals surface area contributed by atoms with Gasteiger partial charge in [-0.2, -0.15) is 5.10 Å². The van der Waals surface area contributed by atoms with Crippen molar-refractivity contribution in [1.29, 1.82) is 0 Å². The Hall–Kier alpha value is -4.73. The molecule has 4 heterocycles. The lowest BCUT2D eigenvalue weighted by molar-refractivity contribution is -0.115. The molecule has 0 saturated carbocycles. The molecule has 10 heteroatoms. The van der Waals surface area contributed by atoms with Crippen LogP contribution >= 0.6 is 0 Å². The Morgan fingerprint density at radius 1 is 0.976 bits per heavy atom. The lowest BCUT2D eigenvalue weighted by Crippen LogP contribution is -2.29. The predicted octanol–water partition coefficient (Wildman–Crippen LogP) is 5.52. The molecule has 5 aromatic rings. The quantitative estimate of drug-likeness (QED) is 0.283. The standard InChI is InChI=1S/C31H34N8O2/c1-31(2,3)25-17-22(37-41-25)18-26(40)35-21-9-13-24(14-10-21)39-30-27(29(32)33-19-34-30)28(36-39)20-7-11-23(12-8-20)38-15-5-4-6-16-38/h7-14,17,19H,4-6,15-16,18H2,1-3H3,(H,35,40)(H2,32,33,34). The summed E-state index contributed by atoms with van der Waals surface area (Å²) in [4.78, 5) is 23.8. The first-order valence-electron chi connectivity index (χ1n) is 14.0. The van der Waals surface area contributed by atoms with Crippen LogP contribution in [-0.4, -0.2) is 43.9 Å². The van der Waals surface area contributed by atoms with Crippen molar-refractivity contribution < 1.29 is 9.32 Å². The van der Waals surface area contributed by atoms with Gasteiger partial charge in [0.25, 0.3) is 0 Å². The zero-order valence-electron chi connectivity index (χ0n) is 23.6. The van der Waals surface area contributed by atoms with Crippen LogP contribution in [0.5, 0.6) is 0 Å². The molecule has 210 valence electrons. The molecule has 3 N–H and O–H groups in total. The smallest absolute Gasteiger partial charge is 0.230 e. The summed E-state index contributed by atoms with van der Waals surface area (Å²) in [6.45, 7) is 8.30. The number of aromatic nitrogens is 5. The Kier molecular flexibility index (Phi) is 6.90. The second-order valence-corrected chi connectivity index (χ2v) is 11.5. The summed E-state index contributed by atoms with van der Waals surface area (Å²) in [5, 5.41) is 12.6. The molecule has 0 atom stereocenters. The number of carbonyl (C=O) groups excluding carboxylic acids is 1. The van der Waals surface area contributed by atoms with Crippen molar-refractivity contribution in [3.63, 3.8) is 0 Å². The first-order chi connectivity index (χ1) is 19.8. The molecule has 6 rings (SSSR count). The number of benzene rings is 2. The molecule has 0 bridgehead atoms. The van der Waals surface area contributed by atoms with E-state index >= 15 is 0 Å². The van der Waals surface area contributed by atoms with Crippen molar-refractivity contribution >= 4 is 34.1 Å². The van der Waals surface area contributed by atoms with Crippen molar-refractivity contribution in [3.8, 4) is 16.9 Å². The fourth-order valence-electron chi connectivity index (χ4n) is 5.14. The number of nitrogens with one attached hydrogen (secondary N) is 1. The van der Waals surface area contributed by atoms with Gasteiger partial charge in [0.15, 0.2) is 5.65 Å². The van der Waals surface area contributed by atoms with Gasteiger partial charge in [-0.3, -0.25) is 4.79 Å². The molecule has 2 aromatic carbocycles. The number of nitrogen functional groups attached to an aromatic ring is 1. The summed E-state index contributed by atoms with van der Waals surface area (Å²) in [6.07, 6.45) is 5.33. The minimum Gasteiger partial charge on any atom is -0.383 e. The highest BCUT2D eigenvalue weighted by Gasteiger charge is 2.21. The van der Waals surface area contributed by atoms with E-state index in [4.69, 9.17) is 15.4 Å². The molecule has 1 aliphatic heterocycles. The summed E-state index contributed by atoms with van der Waals surface area (Å²) in [5.74, 6) is 0.951. The van der Waals surface area contributed by atoms with Gasteiger partial charge in [-0.1, -0.05) is 38.1 Å². The van der Waals surface area contributed by atoms with Crippen molar-refractivity contribution in [2.75, 3.05) is 29.0 Å². The van der Waals surface area contributed by atoms with Gasteiger partial charge in [-0.15, -0.1) is 0 Å². The van der Waals surface area contributed by atoms with Crippen LogP contribution in [0.2, 0.25) is 0 Å². The zero-order valence-corrected chi connectivity index (χ0v) is 23.6.